The van der Waals surface area contributed by atoms with E-state index in [4.69, 9.17) is 16.3 Å². The second-order valence-electron chi connectivity index (χ2n) is 7.42. The lowest BCUT2D eigenvalue weighted by molar-refractivity contribution is 0.225. The molecule has 3 rings (SSSR count). The van der Waals surface area contributed by atoms with Gasteiger partial charge in [0.05, 0.1) is 5.02 Å². The zero-order valence-corrected chi connectivity index (χ0v) is 21.1. The first-order chi connectivity index (χ1) is 14.7. The highest BCUT2D eigenvalue weighted by Crippen LogP contribution is 2.24. The van der Waals surface area contributed by atoms with E-state index in [1.165, 1.54) is 5.56 Å². The second kappa shape index (κ2) is 13.6. The summed E-state index contributed by atoms with van der Waals surface area (Å²) in [6.07, 6.45) is 4.19. The van der Waals surface area contributed by atoms with Crippen LogP contribution in [0.2, 0.25) is 5.02 Å². The Morgan fingerprint density at radius 2 is 1.84 bits per heavy atom. The molecule has 1 saturated heterocycles. The predicted octanol–water partition coefficient (Wildman–Crippen LogP) is 4.85. The Kier molecular flexibility index (Phi) is 11.2. The summed E-state index contributed by atoms with van der Waals surface area (Å²) >= 11 is 6.20. The molecule has 5 nitrogen and oxygen atoms in total. The maximum Gasteiger partial charge on any atom is 0.191 e. The number of hydrogen-bond acceptors (Lipinski definition) is 3. The third-order valence-corrected chi connectivity index (χ3v) is 5.64. The van der Waals surface area contributed by atoms with Crippen molar-refractivity contribution in [3.05, 3.63) is 77.3 Å². The molecule has 0 spiro atoms. The lowest BCUT2D eigenvalue weighted by Crippen LogP contribution is -2.48. The van der Waals surface area contributed by atoms with Gasteiger partial charge >= 0.3 is 0 Å². The molecule has 1 aliphatic rings. The van der Waals surface area contributed by atoms with Crippen molar-refractivity contribution in [2.75, 3.05) is 26.7 Å². The van der Waals surface area contributed by atoms with Gasteiger partial charge in [-0.2, -0.15) is 0 Å². The summed E-state index contributed by atoms with van der Waals surface area (Å²) in [5.41, 5.74) is 2.30. The first kappa shape index (κ1) is 25.5. The molecule has 2 N–H and O–H groups in total. The van der Waals surface area contributed by atoms with E-state index in [0.717, 1.165) is 44.0 Å². The van der Waals surface area contributed by atoms with Crippen LogP contribution in [-0.4, -0.2) is 43.6 Å². The molecule has 168 valence electrons. The zero-order valence-electron chi connectivity index (χ0n) is 18.0. The molecule has 0 atom stereocenters. The maximum atomic E-state index is 6.20. The number of piperidine rings is 1. The van der Waals surface area contributed by atoms with Crippen LogP contribution in [0.4, 0.5) is 0 Å². The number of guanidine groups is 1. The monoisotopic (exact) mass is 554 g/mol. The number of likely N-dealkylation sites (tertiary alicyclic amines) is 1. The van der Waals surface area contributed by atoms with E-state index in [1.54, 1.807) is 0 Å². The van der Waals surface area contributed by atoms with Crippen molar-refractivity contribution in [1.29, 1.82) is 0 Å². The van der Waals surface area contributed by atoms with E-state index in [2.05, 4.69) is 39.2 Å². The Morgan fingerprint density at radius 3 is 2.52 bits per heavy atom. The van der Waals surface area contributed by atoms with Crippen LogP contribution in [0.15, 0.2) is 66.2 Å². The molecule has 2 aromatic carbocycles. The fourth-order valence-corrected chi connectivity index (χ4v) is 3.79. The number of ether oxygens (including phenoxy) is 1. The Balaban J connectivity index is 0.00000341. The van der Waals surface area contributed by atoms with Crippen LogP contribution in [0, 0.1) is 0 Å². The molecule has 1 fully saturated rings. The molecule has 2 aromatic rings. The minimum absolute atomic E-state index is 0. The number of aliphatic imine (C=N–C) groups is 1. The third-order valence-electron chi connectivity index (χ3n) is 5.32. The summed E-state index contributed by atoms with van der Waals surface area (Å²) in [5.74, 6) is 1.53. The van der Waals surface area contributed by atoms with Crippen molar-refractivity contribution in [3.8, 4) is 5.75 Å². The van der Waals surface area contributed by atoms with Crippen molar-refractivity contribution < 1.29 is 4.74 Å². The molecule has 7 heteroatoms. The number of rotatable bonds is 8. The molecule has 0 unspecified atom stereocenters. The molecular formula is C24H32ClIN4O. The van der Waals surface area contributed by atoms with E-state index in [0.29, 0.717) is 30.0 Å². The fourth-order valence-electron chi connectivity index (χ4n) is 3.60. The Morgan fingerprint density at radius 1 is 1.16 bits per heavy atom. The third kappa shape index (κ3) is 8.01. The summed E-state index contributed by atoms with van der Waals surface area (Å²) < 4.78 is 5.93. The SMILES string of the molecule is C=CCN1CCC(NC(=NC)NCc2ccccc2COc2ccccc2Cl)CC1.I. The highest BCUT2D eigenvalue weighted by atomic mass is 127. The number of para-hydroxylation sites is 1. The Labute approximate surface area is 207 Å². The van der Waals surface area contributed by atoms with Gasteiger partial charge in [0, 0.05) is 39.3 Å². The van der Waals surface area contributed by atoms with Gasteiger partial charge in [-0.15, -0.1) is 30.6 Å². The van der Waals surface area contributed by atoms with Crippen LogP contribution in [0.3, 0.4) is 0 Å². The number of benzene rings is 2. The van der Waals surface area contributed by atoms with Gasteiger partial charge in [-0.1, -0.05) is 54.1 Å². The first-order valence-electron chi connectivity index (χ1n) is 10.4. The average Bonchev–Trinajstić information content (AvgIpc) is 2.78. The largest absolute Gasteiger partial charge is 0.487 e. The highest BCUT2D eigenvalue weighted by molar-refractivity contribution is 14.0. The van der Waals surface area contributed by atoms with Crippen molar-refractivity contribution in [1.82, 2.24) is 15.5 Å². The van der Waals surface area contributed by atoms with Crippen LogP contribution in [0.1, 0.15) is 24.0 Å². The minimum atomic E-state index is 0. The molecule has 0 radical (unpaired) electrons. The minimum Gasteiger partial charge on any atom is -0.487 e. The maximum absolute atomic E-state index is 6.20. The summed E-state index contributed by atoms with van der Waals surface area (Å²) in [5, 5.41) is 7.63. The summed E-state index contributed by atoms with van der Waals surface area (Å²) in [6, 6.07) is 16.2. The number of halogens is 2. The van der Waals surface area contributed by atoms with E-state index in [-0.39, 0.29) is 24.0 Å². The molecule has 0 amide bonds. The summed E-state index contributed by atoms with van der Waals surface area (Å²) in [6.45, 7) is 8.11. The number of nitrogens with one attached hydrogen (secondary N) is 2. The van der Waals surface area contributed by atoms with Crippen LogP contribution in [-0.2, 0) is 13.2 Å². The Bertz CT molecular complexity index is 853. The van der Waals surface area contributed by atoms with Crippen LogP contribution < -0.4 is 15.4 Å². The lowest BCUT2D eigenvalue weighted by atomic mass is 10.1. The van der Waals surface area contributed by atoms with E-state index < -0.39 is 0 Å². The van der Waals surface area contributed by atoms with E-state index in [1.807, 2.05) is 49.5 Å². The average molecular weight is 555 g/mol. The van der Waals surface area contributed by atoms with Crippen molar-refractivity contribution in [2.24, 2.45) is 4.99 Å². The summed E-state index contributed by atoms with van der Waals surface area (Å²) in [4.78, 5) is 6.83. The quantitative estimate of drug-likeness (QED) is 0.212. The van der Waals surface area contributed by atoms with Gasteiger partial charge in [-0.3, -0.25) is 9.89 Å². The van der Waals surface area contributed by atoms with E-state index in [9.17, 15) is 0 Å². The number of nitrogens with zero attached hydrogens (tertiary/aromatic N) is 2. The van der Waals surface area contributed by atoms with Gasteiger partial charge in [0.15, 0.2) is 5.96 Å². The van der Waals surface area contributed by atoms with Gasteiger partial charge in [-0.05, 0) is 36.1 Å². The smallest absolute Gasteiger partial charge is 0.191 e. The van der Waals surface area contributed by atoms with E-state index >= 15 is 0 Å². The molecule has 0 saturated carbocycles. The van der Waals surface area contributed by atoms with Gasteiger partial charge in [0.2, 0.25) is 0 Å². The fraction of sp³-hybridized carbons (Fsp3) is 0.375. The zero-order chi connectivity index (χ0) is 21.2. The molecule has 0 aromatic heterocycles. The normalized spacial score (nSPS) is 15.1. The van der Waals surface area contributed by atoms with Crippen LogP contribution >= 0.6 is 35.6 Å². The van der Waals surface area contributed by atoms with Crippen molar-refractivity contribution in [2.45, 2.75) is 32.0 Å². The lowest BCUT2D eigenvalue weighted by Gasteiger charge is -2.32. The van der Waals surface area contributed by atoms with Crippen LogP contribution in [0.25, 0.3) is 0 Å². The predicted molar refractivity (Wildman–Crippen MR) is 141 cm³/mol. The molecule has 1 heterocycles. The van der Waals surface area contributed by atoms with Gasteiger partial charge < -0.3 is 15.4 Å². The highest BCUT2D eigenvalue weighted by Gasteiger charge is 2.19. The Hall–Kier alpha value is -1.77. The van der Waals surface area contributed by atoms with Gasteiger partial charge in [0.25, 0.3) is 0 Å². The summed E-state index contributed by atoms with van der Waals surface area (Å²) in [7, 11) is 1.81. The second-order valence-corrected chi connectivity index (χ2v) is 7.83. The van der Waals surface area contributed by atoms with Crippen molar-refractivity contribution in [3.63, 3.8) is 0 Å². The van der Waals surface area contributed by atoms with Gasteiger partial charge in [-0.25, -0.2) is 0 Å². The first-order valence-corrected chi connectivity index (χ1v) is 10.8. The van der Waals surface area contributed by atoms with Crippen molar-refractivity contribution >= 4 is 41.5 Å². The topological polar surface area (TPSA) is 48.9 Å². The number of hydrogen-bond donors (Lipinski definition) is 2. The standard InChI is InChI=1S/C24H31ClN4O.HI/c1-3-14-29-15-12-21(13-16-29)28-24(26-2)27-17-19-8-4-5-9-20(19)18-30-23-11-7-6-10-22(23)25;/h3-11,21H,1,12-18H2,2H3,(H2,26,27,28);1H. The molecule has 1 aliphatic heterocycles. The molecule has 0 aliphatic carbocycles. The molecule has 31 heavy (non-hydrogen) atoms. The van der Waals surface area contributed by atoms with Crippen LogP contribution in [0.5, 0.6) is 5.75 Å². The molecule has 0 bridgehead atoms. The van der Waals surface area contributed by atoms with Gasteiger partial charge in [0.1, 0.15) is 12.4 Å². The molecular weight excluding hydrogens is 523 g/mol.